The summed E-state index contributed by atoms with van der Waals surface area (Å²) in [5.74, 6) is 8.07. The van der Waals surface area contributed by atoms with Crippen LogP contribution in [0.5, 0.6) is 0 Å². The fourth-order valence-corrected chi connectivity index (χ4v) is 3.25. The SMILES string of the molecule is Cc1nc(NN)c(C)c(N2CCN3CCCC3C2)n1. The van der Waals surface area contributed by atoms with Crippen molar-refractivity contribution in [2.45, 2.75) is 32.7 Å². The zero-order chi connectivity index (χ0) is 13.4. The Hall–Kier alpha value is -1.40. The minimum absolute atomic E-state index is 0.692. The van der Waals surface area contributed by atoms with Gasteiger partial charge in [0, 0.05) is 31.2 Å². The third-order valence-corrected chi connectivity index (χ3v) is 4.26. The summed E-state index contributed by atoms with van der Waals surface area (Å²) in [5.41, 5.74) is 3.71. The summed E-state index contributed by atoms with van der Waals surface area (Å²) in [6.45, 7) is 8.45. The number of nitrogens with one attached hydrogen (secondary N) is 1. The molecule has 1 unspecified atom stereocenters. The standard InChI is InChI=1S/C13H22N6/c1-9-12(17-14)15-10(2)16-13(9)19-7-6-18-5-3-4-11(18)8-19/h11H,3-8,14H2,1-2H3,(H,15,16,17). The molecule has 0 radical (unpaired) electrons. The number of hydrogen-bond donors (Lipinski definition) is 2. The molecule has 0 bridgehead atoms. The van der Waals surface area contributed by atoms with Crippen LogP contribution in [0.2, 0.25) is 0 Å². The van der Waals surface area contributed by atoms with E-state index in [9.17, 15) is 0 Å². The lowest BCUT2D eigenvalue weighted by molar-refractivity contribution is 0.230. The summed E-state index contributed by atoms with van der Waals surface area (Å²) < 4.78 is 0. The maximum Gasteiger partial charge on any atom is 0.148 e. The van der Waals surface area contributed by atoms with Gasteiger partial charge < -0.3 is 10.3 Å². The number of rotatable bonds is 2. The Morgan fingerprint density at radius 2 is 2.05 bits per heavy atom. The quantitative estimate of drug-likeness (QED) is 0.603. The molecule has 0 aliphatic carbocycles. The fraction of sp³-hybridized carbons (Fsp3) is 0.692. The number of anilines is 2. The second kappa shape index (κ2) is 4.94. The number of aryl methyl sites for hydroxylation is 1. The Balaban J connectivity index is 1.87. The number of hydrazine groups is 1. The van der Waals surface area contributed by atoms with E-state index in [1.54, 1.807) is 0 Å². The highest BCUT2D eigenvalue weighted by molar-refractivity contribution is 5.58. The van der Waals surface area contributed by atoms with Crippen LogP contribution in [-0.4, -0.2) is 47.1 Å². The van der Waals surface area contributed by atoms with E-state index in [4.69, 9.17) is 5.84 Å². The largest absolute Gasteiger partial charge is 0.353 e. The first-order valence-corrected chi connectivity index (χ1v) is 7.00. The number of aromatic nitrogens is 2. The number of fused-ring (bicyclic) bond motifs is 1. The van der Waals surface area contributed by atoms with Crippen LogP contribution in [0.15, 0.2) is 0 Å². The molecule has 2 aliphatic rings. The molecular formula is C13H22N6. The minimum Gasteiger partial charge on any atom is -0.353 e. The van der Waals surface area contributed by atoms with Crippen molar-refractivity contribution in [1.29, 1.82) is 0 Å². The van der Waals surface area contributed by atoms with Gasteiger partial charge in [0.1, 0.15) is 17.5 Å². The van der Waals surface area contributed by atoms with Gasteiger partial charge in [-0.3, -0.25) is 4.90 Å². The van der Waals surface area contributed by atoms with E-state index in [0.717, 1.165) is 42.7 Å². The molecule has 0 amide bonds. The van der Waals surface area contributed by atoms with Crippen LogP contribution >= 0.6 is 0 Å². The minimum atomic E-state index is 0.692. The van der Waals surface area contributed by atoms with Crippen LogP contribution in [0, 0.1) is 13.8 Å². The van der Waals surface area contributed by atoms with Crippen LogP contribution in [0.4, 0.5) is 11.6 Å². The van der Waals surface area contributed by atoms with Crippen molar-refractivity contribution < 1.29 is 0 Å². The Morgan fingerprint density at radius 1 is 1.21 bits per heavy atom. The van der Waals surface area contributed by atoms with Crippen molar-refractivity contribution in [2.24, 2.45) is 5.84 Å². The second-order valence-electron chi connectivity index (χ2n) is 5.49. The molecule has 3 rings (SSSR count). The number of nitrogens with zero attached hydrogens (tertiary/aromatic N) is 4. The molecular weight excluding hydrogens is 240 g/mol. The van der Waals surface area contributed by atoms with Crippen molar-refractivity contribution in [3.05, 3.63) is 11.4 Å². The monoisotopic (exact) mass is 262 g/mol. The number of nitrogen functional groups attached to an aromatic ring is 1. The third kappa shape index (κ3) is 2.26. The maximum atomic E-state index is 5.54. The predicted octanol–water partition coefficient (Wildman–Crippen LogP) is 0.663. The van der Waals surface area contributed by atoms with Crippen LogP contribution in [0.1, 0.15) is 24.2 Å². The van der Waals surface area contributed by atoms with Crippen LogP contribution in [0.25, 0.3) is 0 Å². The highest BCUT2D eigenvalue weighted by Crippen LogP contribution is 2.28. The Labute approximate surface area is 114 Å². The third-order valence-electron chi connectivity index (χ3n) is 4.26. The maximum absolute atomic E-state index is 5.54. The lowest BCUT2D eigenvalue weighted by Gasteiger charge is -2.38. The zero-order valence-corrected chi connectivity index (χ0v) is 11.7. The predicted molar refractivity (Wildman–Crippen MR) is 76.1 cm³/mol. The van der Waals surface area contributed by atoms with Crippen molar-refractivity contribution in [2.75, 3.05) is 36.5 Å². The molecule has 1 aromatic heterocycles. The first kappa shape index (κ1) is 12.6. The van der Waals surface area contributed by atoms with Gasteiger partial charge in [-0.2, -0.15) is 0 Å². The smallest absolute Gasteiger partial charge is 0.148 e. The van der Waals surface area contributed by atoms with Crippen molar-refractivity contribution in [3.8, 4) is 0 Å². The molecule has 2 saturated heterocycles. The molecule has 1 aromatic rings. The molecule has 6 heteroatoms. The van der Waals surface area contributed by atoms with Crippen molar-refractivity contribution in [3.63, 3.8) is 0 Å². The molecule has 19 heavy (non-hydrogen) atoms. The van der Waals surface area contributed by atoms with Crippen molar-refractivity contribution in [1.82, 2.24) is 14.9 Å². The van der Waals surface area contributed by atoms with Crippen LogP contribution in [-0.2, 0) is 0 Å². The zero-order valence-electron chi connectivity index (χ0n) is 11.7. The van der Waals surface area contributed by atoms with Gasteiger partial charge in [-0.05, 0) is 33.2 Å². The summed E-state index contributed by atoms with van der Waals surface area (Å²) in [6, 6.07) is 0.692. The Kier molecular flexibility index (Phi) is 3.28. The second-order valence-corrected chi connectivity index (χ2v) is 5.49. The van der Waals surface area contributed by atoms with E-state index in [-0.39, 0.29) is 0 Å². The van der Waals surface area contributed by atoms with E-state index in [0.29, 0.717) is 6.04 Å². The molecule has 3 N–H and O–H groups in total. The summed E-state index contributed by atoms with van der Waals surface area (Å²) in [5, 5.41) is 0. The molecule has 0 spiro atoms. The van der Waals surface area contributed by atoms with E-state index in [2.05, 4.69) is 25.2 Å². The average molecular weight is 262 g/mol. The van der Waals surface area contributed by atoms with Crippen molar-refractivity contribution >= 4 is 11.6 Å². The van der Waals surface area contributed by atoms with Gasteiger partial charge in [0.25, 0.3) is 0 Å². The number of hydrogen-bond acceptors (Lipinski definition) is 6. The Morgan fingerprint density at radius 3 is 2.84 bits per heavy atom. The summed E-state index contributed by atoms with van der Waals surface area (Å²) in [6.07, 6.45) is 2.64. The summed E-state index contributed by atoms with van der Waals surface area (Å²) >= 11 is 0. The van der Waals surface area contributed by atoms with Gasteiger partial charge in [0.05, 0.1) is 0 Å². The summed E-state index contributed by atoms with van der Waals surface area (Å²) in [4.78, 5) is 13.9. The molecule has 0 saturated carbocycles. The molecule has 2 aliphatic heterocycles. The van der Waals surface area contributed by atoms with Gasteiger partial charge >= 0.3 is 0 Å². The lowest BCUT2D eigenvalue weighted by Crippen LogP contribution is -2.50. The van der Waals surface area contributed by atoms with Gasteiger partial charge in [0.2, 0.25) is 0 Å². The van der Waals surface area contributed by atoms with E-state index in [1.165, 1.54) is 19.4 Å². The number of piperazine rings is 1. The van der Waals surface area contributed by atoms with Crippen LogP contribution in [0.3, 0.4) is 0 Å². The first-order valence-electron chi connectivity index (χ1n) is 7.00. The first-order chi connectivity index (χ1) is 9.19. The van der Waals surface area contributed by atoms with E-state index in [1.807, 2.05) is 13.8 Å². The lowest BCUT2D eigenvalue weighted by atomic mass is 10.1. The Bertz CT molecular complexity index is 474. The van der Waals surface area contributed by atoms with Gasteiger partial charge in [-0.1, -0.05) is 0 Å². The van der Waals surface area contributed by atoms with Gasteiger partial charge in [0.15, 0.2) is 0 Å². The molecule has 1 atom stereocenters. The van der Waals surface area contributed by atoms with E-state index < -0.39 is 0 Å². The van der Waals surface area contributed by atoms with Crippen LogP contribution < -0.4 is 16.2 Å². The molecule has 6 nitrogen and oxygen atoms in total. The highest BCUT2D eigenvalue weighted by atomic mass is 15.3. The van der Waals surface area contributed by atoms with Gasteiger partial charge in [-0.15, -0.1) is 0 Å². The normalized spacial score (nSPS) is 23.5. The highest BCUT2D eigenvalue weighted by Gasteiger charge is 2.31. The number of nitrogens with two attached hydrogens (primary N) is 1. The molecule has 2 fully saturated rings. The molecule has 0 aromatic carbocycles. The van der Waals surface area contributed by atoms with E-state index >= 15 is 0 Å². The molecule has 3 heterocycles. The van der Waals surface area contributed by atoms with Gasteiger partial charge in [-0.25, -0.2) is 15.8 Å². The fourth-order valence-electron chi connectivity index (χ4n) is 3.25. The molecule has 104 valence electrons. The average Bonchev–Trinajstić information content (AvgIpc) is 2.88. The topological polar surface area (TPSA) is 70.3 Å². The summed E-state index contributed by atoms with van der Waals surface area (Å²) in [7, 11) is 0.